The summed E-state index contributed by atoms with van der Waals surface area (Å²) in [6.45, 7) is 0. The number of nitrogens with zero attached hydrogens (tertiary/aromatic N) is 1. The molecule has 2 aromatic heterocycles. The van der Waals surface area contributed by atoms with Crippen molar-refractivity contribution in [2.75, 3.05) is 0 Å². The Balaban J connectivity index is 2.33. The highest BCUT2D eigenvalue weighted by Gasteiger charge is 2.08. The van der Waals surface area contributed by atoms with Crippen LogP contribution in [-0.4, -0.2) is 0 Å². The Bertz CT molecular complexity index is 674. The van der Waals surface area contributed by atoms with Crippen molar-refractivity contribution >= 4 is 21.4 Å². The summed E-state index contributed by atoms with van der Waals surface area (Å²) in [4.78, 5) is 0.731. The average molecular weight is 225 g/mol. The van der Waals surface area contributed by atoms with Crippen molar-refractivity contribution in [3.8, 4) is 17.4 Å². The summed E-state index contributed by atoms with van der Waals surface area (Å²) in [5.41, 5.74) is 1.04. The van der Waals surface area contributed by atoms with E-state index in [2.05, 4.69) is 6.07 Å². The quantitative estimate of drug-likeness (QED) is 0.626. The van der Waals surface area contributed by atoms with E-state index in [4.69, 9.17) is 9.68 Å². The Morgan fingerprint density at radius 2 is 2.12 bits per heavy atom. The summed E-state index contributed by atoms with van der Waals surface area (Å²) in [5.74, 6) is 0.841. The predicted octanol–water partition coefficient (Wildman–Crippen LogP) is 4.03. The number of furan rings is 1. The molecular weight excluding hydrogens is 218 g/mol. The third kappa shape index (κ3) is 1.32. The third-order valence-electron chi connectivity index (χ3n) is 2.46. The standard InChI is InChI=1S/C13H7NOS/c14-8-9-7-11-10(12-4-2-6-15-12)3-1-5-13(11)16-9/h1-7H. The van der Waals surface area contributed by atoms with Gasteiger partial charge in [0.15, 0.2) is 0 Å². The van der Waals surface area contributed by atoms with Crippen LogP contribution in [-0.2, 0) is 0 Å². The topological polar surface area (TPSA) is 36.9 Å². The van der Waals surface area contributed by atoms with Crippen LogP contribution in [0.15, 0.2) is 47.1 Å². The number of fused-ring (bicyclic) bond motifs is 1. The third-order valence-corrected chi connectivity index (χ3v) is 3.46. The van der Waals surface area contributed by atoms with Gasteiger partial charge in [0.2, 0.25) is 0 Å². The van der Waals surface area contributed by atoms with Crippen LogP contribution in [0.3, 0.4) is 0 Å². The maximum Gasteiger partial charge on any atom is 0.134 e. The summed E-state index contributed by atoms with van der Waals surface area (Å²) in [7, 11) is 0. The second kappa shape index (κ2) is 3.51. The van der Waals surface area contributed by atoms with Crippen LogP contribution in [0.4, 0.5) is 0 Å². The minimum atomic E-state index is 0.731. The monoisotopic (exact) mass is 225 g/mol. The van der Waals surface area contributed by atoms with Gasteiger partial charge >= 0.3 is 0 Å². The zero-order valence-corrected chi connectivity index (χ0v) is 9.12. The molecule has 0 aliphatic heterocycles. The lowest BCUT2D eigenvalue weighted by Crippen LogP contribution is -1.73. The van der Waals surface area contributed by atoms with Gasteiger partial charge in [-0.3, -0.25) is 0 Å². The van der Waals surface area contributed by atoms with Crippen LogP contribution >= 0.6 is 11.3 Å². The van der Waals surface area contributed by atoms with E-state index in [1.165, 1.54) is 11.3 Å². The van der Waals surface area contributed by atoms with Gasteiger partial charge in [-0.2, -0.15) is 5.26 Å². The molecule has 0 fully saturated rings. The summed E-state index contributed by atoms with van der Waals surface area (Å²) < 4.78 is 6.51. The molecule has 1 aromatic carbocycles. The van der Waals surface area contributed by atoms with Crippen molar-refractivity contribution in [2.24, 2.45) is 0 Å². The van der Waals surface area contributed by atoms with Gasteiger partial charge in [-0.1, -0.05) is 12.1 Å². The summed E-state index contributed by atoms with van der Waals surface area (Å²) in [5, 5.41) is 9.98. The molecular formula is C13H7NOS. The van der Waals surface area contributed by atoms with Gasteiger partial charge in [-0.15, -0.1) is 11.3 Å². The van der Waals surface area contributed by atoms with Crippen molar-refractivity contribution in [1.82, 2.24) is 0 Å². The first-order valence-electron chi connectivity index (χ1n) is 4.85. The maximum absolute atomic E-state index is 8.90. The maximum atomic E-state index is 8.90. The summed E-state index contributed by atoms with van der Waals surface area (Å²) in [6, 6.07) is 13.9. The van der Waals surface area contributed by atoms with E-state index in [-0.39, 0.29) is 0 Å². The molecule has 0 atom stereocenters. The molecule has 3 rings (SSSR count). The Labute approximate surface area is 96.4 Å². The molecule has 0 radical (unpaired) electrons. The smallest absolute Gasteiger partial charge is 0.134 e. The number of rotatable bonds is 1. The molecule has 0 bridgehead atoms. The van der Waals surface area contributed by atoms with Gasteiger partial charge in [0.1, 0.15) is 16.7 Å². The van der Waals surface area contributed by atoms with Gasteiger partial charge in [0.05, 0.1) is 6.26 Å². The van der Waals surface area contributed by atoms with E-state index in [9.17, 15) is 0 Å². The molecule has 76 valence electrons. The zero-order chi connectivity index (χ0) is 11.0. The molecule has 3 aromatic rings. The lowest BCUT2D eigenvalue weighted by atomic mass is 10.1. The molecule has 16 heavy (non-hydrogen) atoms. The zero-order valence-electron chi connectivity index (χ0n) is 8.31. The lowest BCUT2D eigenvalue weighted by Gasteiger charge is -1.98. The van der Waals surface area contributed by atoms with Crippen LogP contribution in [0.5, 0.6) is 0 Å². The summed E-state index contributed by atoms with van der Waals surface area (Å²) in [6.07, 6.45) is 1.66. The van der Waals surface area contributed by atoms with Crippen molar-refractivity contribution in [3.63, 3.8) is 0 Å². The van der Waals surface area contributed by atoms with E-state index in [0.29, 0.717) is 0 Å². The molecule has 0 spiro atoms. The van der Waals surface area contributed by atoms with Gasteiger partial charge in [-0.25, -0.2) is 0 Å². The normalized spacial score (nSPS) is 10.4. The van der Waals surface area contributed by atoms with Gasteiger partial charge in [0.25, 0.3) is 0 Å². The molecule has 0 N–H and O–H groups in total. The fraction of sp³-hybridized carbons (Fsp3) is 0. The number of thiophene rings is 1. The second-order valence-corrected chi connectivity index (χ2v) is 4.50. The van der Waals surface area contributed by atoms with E-state index in [1.54, 1.807) is 6.26 Å². The molecule has 2 nitrogen and oxygen atoms in total. The van der Waals surface area contributed by atoms with Crippen molar-refractivity contribution < 1.29 is 4.42 Å². The van der Waals surface area contributed by atoms with Gasteiger partial charge in [0, 0.05) is 15.6 Å². The first-order valence-corrected chi connectivity index (χ1v) is 5.66. The van der Waals surface area contributed by atoms with E-state index < -0.39 is 0 Å². The predicted molar refractivity (Wildman–Crippen MR) is 64.2 cm³/mol. The number of benzene rings is 1. The van der Waals surface area contributed by atoms with Crippen molar-refractivity contribution in [1.29, 1.82) is 5.26 Å². The number of nitriles is 1. The highest BCUT2D eigenvalue weighted by Crippen LogP contribution is 2.33. The van der Waals surface area contributed by atoms with Crippen LogP contribution in [0.25, 0.3) is 21.4 Å². The molecule has 0 aliphatic rings. The van der Waals surface area contributed by atoms with Crippen LogP contribution in [0.2, 0.25) is 0 Å². The lowest BCUT2D eigenvalue weighted by molar-refractivity contribution is 0.583. The average Bonchev–Trinajstić information content (AvgIpc) is 2.97. The minimum absolute atomic E-state index is 0.731. The molecule has 0 aliphatic carbocycles. The van der Waals surface area contributed by atoms with E-state index >= 15 is 0 Å². The summed E-state index contributed by atoms with van der Waals surface area (Å²) >= 11 is 1.51. The molecule has 2 heterocycles. The first kappa shape index (κ1) is 9.20. The van der Waals surface area contributed by atoms with Crippen LogP contribution < -0.4 is 0 Å². The van der Waals surface area contributed by atoms with Crippen molar-refractivity contribution in [2.45, 2.75) is 0 Å². The van der Waals surface area contributed by atoms with Gasteiger partial charge < -0.3 is 4.42 Å². The second-order valence-electron chi connectivity index (χ2n) is 3.42. The fourth-order valence-corrected chi connectivity index (χ4v) is 2.65. The van der Waals surface area contributed by atoms with Crippen LogP contribution in [0.1, 0.15) is 4.88 Å². The molecule has 0 saturated carbocycles. The van der Waals surface area contributed by atoms with Crippen LogP contribution in [0, 0.1) is 11.3 Å². The fourth-order valence-electron chi connectivity index (χ4n) is 1.76. The van der Waals surface area contributed by atoms with E-state index in [1.807, 2.05) is 36.4 Å². The Kier molecular flexibility index (Phi) is 2.02. The molecule has 0 unspecified atom stereocenters. The van der Waals surface area contributed by atoms with E-state index in [0.717, 1.165) is 26.3 Å². The first-order chi connectivity index (χ1) is 7.88. The Morgan fingerprint density at radius 1 is 1.19 bits per heavy atom. The SMILES string of the molecule is N#Cc1cc2c(-c3ccco3)cccc2s1. The molecule has 0 amide bonds. The largest absolute Gasteiger partial charge is 0.464 e. The Morgan fingerprint density at radius 3 is 2.88 bits per heavy atom. The highest BCUT2D eigenvalue weighted by molar-refractivity contribution is 7.19. The minimum Gasteiger partial charge on any atom is -0.464 e. The Hall–Kier alpha value is -2.05. The van der Waals surface area contributed by atoms with Crippen molar-refractivity contribution in [3.05, 3.63) is 47.5 Å². The van der Waals surface area contributed by atoms with Gasteiger partial charge in [-0.05, 0) is 24.3 Å². The molecule has 3 heteroatoms. The molecule has 0 saturated heterocycles. The number of hydrogen-bond acceptors (Lipinski definition) is 3. The highest BCUT2D eigenvalue weighted by atomic mass is 32.1. The number of hydrogen-bond donors (Lipinski definition) is 0.